The van der Waals surface area contributed by atoms with Gasteiger partial charge in [-0.15, -0.1) is 0 Å². The smallest absolute Gasteiger partial charge is 0.341 e. The maximum Gasteiger partial charge on any atom is 0.341 e. The molecule has 0 saturated heterocycles. The maximum absolute atomic E-state index is 12.6. The Bertz CT molecular complexity index is 1330. The van der Waals surface area contributed by atoms with Crippen molar-refractivity contribution in [1.82, 2.24) is 30.3 Å². The van der Waals surface area contributed by atoms with Crippen molar-refractivity contribution in [2.75, 3.05) is 6.26 Å². The molecule has 3 aromatic rings. The molecule has 0 aliphatic heterocycles. The first-order valence-electron chi connectivity index (χ1n) is 10.4. The van der Waals surface area contributed by atoms with Gasteiger partial charge in [0.2, 0.25) is 0 Å². The summed E-state index contributed by atoms with van der Waals surface area (Å²) in [4.78, 5) is 24.6. The van der Waals surface area contributed by atoms with E-state index in [1.165, 1.54) is 29.2 Å². The molecule has 0 spiro atoms. The van der Waals surface area contributed by atoms with Gasteiger partial charge >= 0.3 is 6.01 Å². The molecule has 0 radical (unpaired) electrons. The highest BCUT2D eigenvalue weighted by molar-refractivity contribution is 7.92. The number of ether oxygens (including phenoxy) is 1. The minimum absolute atomic E-state index is 0.0316. The van der Waals surface area contributed by atoms with Crippen molar-refractivity contribution in [1.29, 1.82) is 0 Å². The van der Waals surface area contributed by atoms with E-state index in [0.29, 0.717) is 11.3 Å². The Kier molecular flexibility index (Phi) is 7.17. The van der Waals surface area contributed by atoms with Gasteiger partial charge in [0, 0.05) is 25.1 Å². The second kappa shape index (κ2) is 9.73. The van der Waals surface area contributed by atoms with Crippen LogP contribution in [0.1, 0.15) is 33.2 Å². The zero-order valence-electron chi connectivity index (χ0n) is 19.2. The lowest BCUT2D eigenvalue weighted by Crippen LogP contribution is -2.49. The van der Waals surface area contributed by atoms with E-state index in [1.54, 1.807) is 35.0 Å². The highest BCUT2D eigenvalue weighted by Gasteiger charge is 2.43. The maximum atomic E-state index is 12.6. The van der Waals surface area contributed by atoms with Crippen molar-refractivity contribution in [3.05, 3.63) is 52.9 Å². The van der Waals surface area contributed by atoms with Crippen LogP contribution in [0.15, 0.2) is 47.4 Å². The van der Waals surface area contributed by atoms with Crippen molar-refractivity contribution in [2.24, 2.45) is 0 Å². The largest absolute Gasteiger partial charge is 0.423 e. The number of benzene rings is 1. The fraction of sp³-hybridized carbons (Fsp3) is 0.381. The lowest BCUT2D eigenvalue weighted by molar-refractivity contribution is -0.131. The molecule has 0 aliphatic carbocycles. The molecule has 1 unspecified atom stereocenters. The molecule has 2 aromatic heterocycles. The molecular formula is C21H26N6O6S. The summed E-state index contributed by atoms with van der Waals surface area (Å²) >= 11 is 0. The molecule has 0 fully saturated rings. The van der Waals surface area contributed by atoms with E-state index in [4.69, 9.17) is 9.94 Å². The number of hydrogen-bond acceptors (Lipinski definition) is 9. The quantitative estimate of drug-likeness (QED) is 0.335. The van der Waals surface area contributed by atoms with Gasteiger partial charge in [0.05, 0.1) is 6.04 Å². The molecule has 1 aromatic carbocycles. The predicted molar refractivity (Wildman–Crippen MR) is 122 cm³/mol. The molecular weight excluding hydrogens is 464 g/mol. The third-order valence-electron chi connectivity index (χ3n) is 5.57. The highest BCUT2D eigenvalue weighted by Crippen LogP contribution is 2.25. The van der Waals surface area contributed by atoms with E-state index >= 15 is 0 Å². The molecule has 1 amide bonds. The van der Waals surface area contributed by atoms with Gasteiger partial charge in [-0.25, -0.2) is 13.9 Å². The third-order valence-corrected chi connectivity index (χ3v) is 7.60. The number of hydrogen-bond donors (Lipinski definition) is 2. The number of aromatic nitrogens is 5. The first kappa shape index (κ1) is 25.1. The number of carbonyl (C=O) groups is 1. The molecule has 2 N–H and O–H groups in total. The molecule has 2 heterocycles. The molecule has 12 nitrogen and oxygen atoms in total. The summed E-state index contributed by atoms with van der Waals surface area (Å²) in [6.45, 7) is 5.03. The van der Waals surface area contributed by atoms with E-state index in [2.05, 4.69) is 15.5 Å². The second-order valence-corrected chi connectivity index (χ2v) is 10.7. The van der Waals surface area contributed by atoms with E-state index in [0.717, 1.165) is 11.8 Å². The van der Waals surface area contributed by atoms with Gasteiger partial charge in [0.25, 0.3) is 11.5 Å². The van der Waals surface area contributed by atoms with Crippen LogP contribution in [0, 0.1) is 0 Å². The molecule has 13 heteroatoms. The Morgan fingerprint density at radius 1 is 1.21 bits per heavy atom. The Labute approximate surface area is 196 Å². The molecule has 182 valence electrons. The lowest BCUT2D eigenvalue weighted by Gasteiger charge is -2.25. The number of amides is 1. The summed E-state index contributed by atoms with van der Waals surface area (Å²) in [5.74, 6) is -0.527. The number of sulfone groups is 1. The zero-order chi connectivity index (χ0) is 25.1. The van der Waals surface area contributed by atoms with Crippen molar-refractivity contribution >= 4 is 15.7 Å². The SMILES string of the molecule is CC(C)n1nnnc1Oc1ccc(-c2ccn(CCC(C)(C(=O)NO)S(C)(=O)=O)c(=O)c2)cc1. The minimum atomic E-state index is -3.85. The standard InChI is InChI=1S/C21H26N6O6S/c1-14(2)27-20(22-24-25-27)33-17-7-5-15(6-8-17)16-9-11-26(18(28)13-16)12-10-21(3,19(29)23-30)34(4,31)32/h5-9,11,13-14,30H,10,12H2,1-4H3,(H,23,29). The Morgan fingerprint density at radius 3 is 2.44 bits per heavy atom. The van der Waals surface area contributed by atoms with Gasteiger partial charge in [-0.2, -0.15) is 4.68 Å². The summed E-state index contributed by atoms with van der Waals surface area (Å²) in [5.41, 5.74) is 2.44. The summed E-state index contributed by atoms with van der Waals surface area (Å²) < 4.78 is 30.9. The Morgan fingerprint density at radius 2 is 1.88 bits per heavy atom. The number of aryl methyl sites for hydroxylation is 1. The van der Waals surface area contributed by atoms with E-state index < -0.39 is 20.5 Å². The van der Waals surface area contributed by atoms with Crippen LogP contribution >= 0.6 is 0 Å². The van der Waals surface area contributed by atoms with E-state index in [9.17, 15) is 18.0 Å². The first-order chi connectivity index (χ1) is 16.0. The summed E-state index contributed by atoms with van der Waals surface area (Å²) in [7, 11) is -3.85. The Balaban J connectivity index is 1.75. The van der Waals surface area contributed by atoms with E-state index in [-0.39, 0.29) is 30.6 Å². The first-order valence-corrected chi connectivity index (χ1v) is 12.3. The number of nitrogens with zero attached hydrogens (tertiary/aromatic N) is 5. The monoisotopic (exact) mass is 490 g/mol. The van der Waals surface area contributed by atoms with Gasteiger partial charge in [-0.3, -0.25) is 14.8 Å². The number of carbonyl (C=O) groups excluding carboxylic acids is 1. The van der Waals surface area contributed by atoms with Crippen LogP contribution in [-0.2, 0) is 21.2 Å². The van der Waals surface area contributed by atoms with Crippen molar-refractivity contribution in [2.45, 2.75) is 44.5 Å². The van der Waals surface area contributed by atoms with Crippen LogP contribution in [0.3, 0.4) is 0 Å². The number of hydroxylamine groups is 1. The number of nitrogens with one attached hydrogen (secondary N) is 1. The van der Waals surface area contributed by atoms with Crippen LogP contribution in [0.5, 0.6) is 11.8 Å². The summed E-state index contributed by atoms with van der Waals surface area (Å²) in [6, 6.07) is 10.4. The van der Waals surface area contributed by atoms with Crippen LogP contribution in [0.2, 0.25) is 0 Å². The summed E-state index contributed by atoms with van der Waals surface area (Å²) in [5, 5.41) is 20.3. The fourth-order valence-corrected chi connectivity index (χ4v) is 4.03. The van der Waals surface area contributed by atoms with Crippen LogP contribution in [0.4, 0.5) is 0 Å². The molecule has 1 atom stereocenters. The van der Waals surface area contributed by atoms with Crippen LogP contribution in [0.25, 0.3) is 11.1 Å². The van der Waals surface area contributed by atoms with Gasteiger partial charge in [-0.1, -0.05) is 17.2 Å². The van der Waals surface area contributed by atoms with Crippen LogP contribution < -0.4 is 15.8 Å². The van der Waals surface area contributed by atoms with Gasteiger partial charge < -0.3 is 9.30 Å². The summed E-state index contributed by atoms with van der Waals surface area (Å²) in [6.07, 6.45) is 2.24. The molecule has 0 aliphatic rings. The van der Waals surface area contributed by atoms with Gasteiger partial charge in [0.1, 0.15) is 5.75 Å². The molecule has 34 heavy (non-hydrogen) atoms. The van der Waals surface area contributed by atoms with Crippen molar-refractivity contribution < 1.29 is 23.2 Å². The molecule has 0 saturated carbocycles. The van der Waals surface area contributed by atoms with Gasteiger partial charge in [-0.05, 0) is 66.9 Å². The molecule has 0 bridgehead atoms. The minimum Gasteiger partial charge on any atom is -0.423 e. The number of tetrazole rings is 1. The average Bonchev–Trinajstić information content (AvgIpc) is 3.25. The van der Waals surface area contributed by atoms with Crippen molar-refractivity contribution in [3.63, 3.8) is 0 Å². The van der Waals surface area contributed by atoms with E-state index in [1.807, 2.05) is 13.8 Å². The normalized spacial score (nSPS) is 13.5. The lowest BCUT2D eigenvalue weighted by atomic mass is 10.1. The fourth-order valence-electron chi connectivity index (χ4n) is 3.19. The van der Waals surface area contributed by atoms with Crippen LogP contribution in [-0.4, -0.2) is 55.3 Å². The zero-order valence-corrected chi connectivity index (χ0v) is 20.0. The van der Waals surface area contributed by atoms with Gasteiger partial charge in [0.15, 0.2) is 14.6 Å². The molecule has 3 rings (SSSR count). The van der Waals surface area contributed by atoms with Crippen molar-refractivity contribution in [3.8, 4) is 22.9 Å². The topological polar surface area (TPSA) is 158 Å². The highest BCUT2D eigenvalue weighted by atomic mass is 32.2. The second-order valence-electron chi connectivity index (χ2n) is 8.27. The number of pyridine rings is 1. The average molecular weight is 491 g/mol. The number of rotatable bonds is 9. The predicted octanol–water partition coefficient (Wildman–Crippen LogP) is 1.57. The third kappa shape index (κ3) is 5.15. The Hall–Kier alpha value is -3.58.